The number of hydrogen-bond acceptors (Lipinski definition) is 3. The number of Topliss-reactive ketones (excluding diaryl/α,β-unsaturated/α-hetero) is 1. The molecule has 2 saturated heterocycles. The van der Waals surface area contributed by atoms with Crippen molar-refractivity contribution >= 4 is 11.7 Å². The maximum Gasteiger partial charge on any atom is 0.227 e. The van der Waals surface area contributed by atoms with E-state index in [4.69, 9.17) is 0 Å². The predicted molar refractivity (Wildman–Crippen MR) is 143 cm³/mol. The standard InChI is InChI=1S/C31H40F2N2O2/c1-7-29(36)25-15-20(3)19(2)14-24(25)21-10-12-34(13-11-21)30(37)27-18-35(31(4,5)6)17-26(27)23-9-8-22(32)16-28(23)33/h8-9,14-16,21,26-27H,7,10-13,17-18H2,1-6H3/t26-,27+/m0/s1. The number of carbonyl (C=O) groups is 2. The molecule has 6 heteroatoms. The molecule has 0 radical (unpaired) electrons. The monoisotopic (exact) mass is 510 g/mol. The van der Waals surface area contributed by atoms with Gasteiger partial charge >= 0.3 is 0 Å². The number of halogens is 2. The highest BCUT2D eigenvalue weighted by Crippen LogP contribution is 2.40. The third kappa shape index (κ3) is 5.64. The van der Waals surface area contributed by atoms with Gasteiger partial charge < -0.3 is 4.90 Å². The summed E-state index contributed by atoms with van der Waals surface area (Å²) in [6, 6.07) is 7.88. The van der Waals surface area contributed by atoms with Crippen LogP contribution in [0.5, 0.6) is 0 Å². The zero-order chi connectivity index (χ0) is 27.1. The van der Waals surface area contributed by atoms with E-state index in [1.807, 2.05) is 24.8 Å². The summed E-state index contributed by atoms with van der Waals surface area (Å²) in [6.45, 7) is 14.6. The summed E-state index contributed by atoms with van der Waals surface area (Å²) in [4.78, 5) is 30.7. The lowest BCUT2D eigenvalue weighted by Gasteiger charge is -2.36. The summed E-state index contributed by atoms with van der Waals surface area (Å²) < 4.78 is 28.5. The summed E-state index contributed by atoms with van der Waals surface area (Å²) in [5.74, 6) is -1.45. The predicted octanol–water partition coefficient (Wildman–Crippen LogP) is 6.39. The van der Waals surface area contributed by atoms with E-state index < -0.39 is 11.6 Å². The van der Waals surface area contributed by atoms with Crippen LogP contribution in [0.25, 0.3) is 0 Å². The molecule has 2 aliphatic rings. The lowest BCUT2D eigenvalue weighted by molar-refractivity contribution is -0.136. The highest BCUT2D eigenvalue weighted by molar-refractivity contribution is 5.97. The second kappa shape index (κ2) is 10.6. The number of carbonyl (C=O) groups excluding carboxylic acids is 2. The minimum Gasteiger partial charge on any atom is -0.342 e. The largest absolute Gasteiger partial charge is 0.342 e. The van der Waals surface area contributed by atoms with Crippen molar-refractivity contribution in [3.63, 3.8) is 0 Å². The van der Waals surface area contributed by atoms with E-state index in [0.717, 1.165) is 35.6 Å². The number of ketones is 1. The third-order valence-corrected chi connectivity index (χ3v) is 8.48. The molecule has 2 atom stereocenters. The molecule has 2 heterocycles. The van der Waals surface area contributed by atoms with Crippen molar-refractivity contribution in [1.29, 1.82) is 0 Å². The average molecular weight is 511 g/mol. The van der Waals surface area contributed by atoms with Crippen LogP contribution in [0.1, 0.15) is 91.4 Å². The first-order valence-corrected chi connectivity index (χ1v) is 13.5. The number of piperidine rings is 1. The van der Waals surface area contributed by atoms with Gasteiger partial charge in [0.15, 0.2) is 5.78 Å². The molecule has 1 amide bonds. The Hall–Kier alpha value is -2.60. The van der Waals surface area contributed by atoms with E-state index in [1.165, 1.54) is 17.7 Å². The molecule has 37 heavy (non-hydrogen) atoms. The smallest absolute Gasteiger partial charge is 0.227 e. The summed E-state index contributed by atoms with van der Waals surface area (Å²) in [7, 11) is 0. The van der Waals surface area contributed by atoms with Crippen LogP contribution in [-0.2, 0) is 4.79 Å². The molecule has 4 rings (SSSR count). The molecule has 2 aromatic rings. The quantitative estimate of drug-likeness (QED) is 0.438. The Morgan fingerprint density at radius 2 is 1.59 bits per heavy atom. The molecule has 0 unspecified atom stereocenters. The summed E-state index contributed by atoms with van der Waals surface area (Å²) >= 11 is 0. The van der Waals surface area contributed by atoms with Gasteiger partial charge in [-0.1, -0.05) is 19.1 Å². The molecular formula is C31H40F2N2O2. The van der Waals surface area contributed by atoms with Crippen LogP contribution in [0.2, 0.25) is 0 Å². The lowest BCUT2D eigenvalue weighted by Crippen LogP contribution is -2.44. The van der Waals surface area contributed by atoms with Crippen LogP contribution in [0, 0.1) is 31.4 Å². The molecule has 0 saturated carbocycles. The number of hydrogen-bond donors (Lipinski definition) is 0. The first-order valence-electron chi connectivity index (χ1n) is 13.5. The summed E-state index contributed by atoms with van der Waals surface area (Å²) in [6.07, 6.45) is 2.06. The Balaban J connectivity index is 1.54. The van der Waals surface area contributed by atoms with E-state index >= 15 is 0 Å². The molecule has 0 aliphatic carbocycles. The van der Waals surface area contributed by atoms with Gasteiger partial charge in [-0.2, -0.15) is 0 Å². The van der Waals surface area contributed by atoms with Crippen LogP contribution in [0.3, 0.4) is 0 Å². The second-order valence-corrected chi connectivity index (χ2v) is 11.9. The van der Waals surface area contributed by atoms with Crippen molar-refractivity contribution in [3.8, 4) is 0 Å². The van der Waals surface area contributed by atoms with Crippen LogP contribution in [0.4, 0.5) is 8.78 Å². The van der Waals surface area contributed by atoms with E-state index in [9.17, 15) is 18.4 Å². The average Bonchev–Trinajstić information content (AvgIpc) is 3.30. The maximum absolute atomic E-state index is 14.8. The molecule has 200 valence electrons. The van der Waals surface area contributed by atoms with Crippen LogP contribution >= 0.6 is 0 Å². The fourth-order valence-corrected chi connectivity index (χ4v) is 5.97. The maximum atomic E-state index is 14.8. The molecule has 2 aromatic carbocycles. The second-order valence-electron chi connectivity index (χ2n) is 11.9. The van der Waals surface area contributed by atoms with Crippen molar-refractivity contribution in [1.82, 2.24) is 9.80 Å². The number of likely N-dealkylation sites (tertiary alicyclic amines) is 2. The first-order chi connectivity index (χ1) is 17.4. The molecule has 0 bridgehead atoms. The number of benzene rings is 2. The minimum absolute atomic E-state index is 0.0452. The van der Waals surface area contributed by atoms with Crippen LogP contribution in [0.15, 0.2) is 30.3 Å². The molecule has 0 N–H and O–H groups in total. The number of aryl methyl sites for hydroxylation is 2. The zero-order valence-corrected chi connectivity index (χ0v) is 23.0. The fraction of sp³-hybridized carbons (Fsp3) is 0.548. The van der Waals surface area contributed by atoms with Crippen LogP contribution < -0.4 is 0 Å². The Bertz CT molecular complexity index is 1180. The Labute approximate surface area is 220 Å². The molecule has 2 aliphatic heterocycles. The van der Waals surface area contributed by atoms with Gasteiger partial charge in [-0.05, 0) is 87.8 Å². The van der Waals surface area contributed by atoms with Crippen molar-refractivity contribution < 1.29 is 18.4 Å². The number of amides is 1. The van der Waals surface area contributed by atoms with E-state index in [0.29, 0.717) is 38.2 Å². The molecule has 0 aromatic heterocycles. The summed E-state index contributed by atoms with van der Waals surface area (Å²) in [5.41, 5.74) is 4.48. The van der Waals surface area contributed by atoms with E-state index in [-0.39, 0.29) is 35.0 Å². The Kier molecular flexibility index (Phi) is 7.89. The molecular weight excluding hydrogens is 470 g/mol. The lowest BCUT2D eigenvalue weighted by atomic mass is 9.82. The summed E-state index contributed by atoms with van der Waals surface area (Å²) in [5, 5.41) is 0. The fourth-order valence-electron chi connectivity index (χ4n) is 5.97. The van der Waals surface area contributed by atoms with Crippen molar-refractivity contribution in [2.75, 3.05) is 26.2 Å². The molecule has 0 spiro atoms. The van der Waals surface area contributed by atoms with Gasteiger partial charge in [-0.15, -0.1) is 0 Å². The van der Waals surface area contributed by atoms with Crippen molar-refractivity contribution in [3.05, 3.63) is 69.8 Å². The SMILES string of the molecule is CCC(=O)c1cc(C)c(C)cc1C1CCN(C(=O)[C@@H]2CN(C(C)(C)C)C[C@H]2c2ccc(F)cc2F)CC1. The van der Waals surface area contributed by atoms with Gasteiger partial charge in [0.2, 0.25) is 5.91 Å². The number of rotatable bonds is 5. The Morgan fingerprint density at radius 1 is 0.946 bits per heavy atom. The van der Waals surface area contributed by atoms with Gasteiger partial charge in [0.1, 0.15) is 11.6 Å². The normalized spacial score (nSPS) is 21.5. The van der Waals surface area contributed by atoms with E-state index in [1.54, 1.807) is 0 Å². The Morgan fingerprint density at radius 3 is 2.19 bits per heavy atom. The highest BCUT2D eigenvalue weighted by Gasteiger charge is 2.44. The van der Waals surface area contributed by atoms with E-state index in [2.05, 4.69) is 38.7 Å². The first kappa shape index (κ1) is 27.4. The highest BCUT2D eigenvalue weighted by atomic mass is 19.1. The van der Waals surface area contributed by atoms with Gasteiger partial charge in [-0.25, -0.2) is 8.78 Å². The molecule has 2 fully saturated rings. The minimum atomic E-state index is -0.607. The van der Waals surface area contributed by atoms with Gasteiger partial charge in [0.05, 0.1) is 5.92 Å². The van der Waals surface area contributed by atoms with Crippen molar-refractivity contribution in [2.45, 2.75) is 78.2 Å². The van der Waals surface area contributed by atoms with Gasteiger partial charge in [0.25, 0.3) is 0 Å². The third-order valence-electron chi connectivity index (χ3n) is 8.48. The zero-order valence-electron chi connectivity index (χ0n) is 23.0. The van der Waals surface area contributed by atoms with Crippen LogP contribution in [-0.4, -0.2) is 53.2 Å². The topological polar surface area (TPSA) is 40.6 Å². The molecule has 4 nitrogen and oxygen atoms in total. The van der Waals surface area contributed by atoms with Crippen molar-refractivity contribution in [2.24, 2.45) is 5.92 Å². The van der Waals surface area contributed by atoms with Gasteiger partial charge in [-0.3, -0.25) is 14.5 Å². The van der Waals surface area contributed by atoms with Gasteiger partial charge in [0, 0.05) is 55.7 Å². The number of nitrogens with zero attached hydrogens (tertiary/aromatic N) is 2.